The molecule has 1 amide bonds. The second-order valence-corrected chi connectivity index (χ2v) is 6.10. The largest absolute Gasteiger partial charge is 0.349 e. The maximum Gasteiger partial charge on any atom is 0.270 e. The fourth-order valence-electron chi connectivity index (χ4n) is 2.65. The van der Waals surface area contributed by atoms with E-state index in [1.165, 1.54) is 0 Å². The first-order valence-electron chi connectivity index (χ1n) is 7.97. The standard InChI is InChI=1S/C17H18N6O/c18-17(6-7-17)16-20-8-5-13(22-16)15(24)19-9-10-23-14-4-2-1-3-12(14)11-21-23/h1-5,8,11H,6-7,9-10,18H2,(H,19,24). The first kappa shape index (κ1) is 14.8. The molecule has 1 saturated carbocycles. The molecule has 24 heavy (non-hydrogen) atoms. The molecule has 2 heterocycles. The molecule has 0 spiro atoms. The number of aromatic nitrogens is 4. The van der Waals surface area contributed by atoms with Crippen LogP contribution in [0.4, 0.5) is 0 Å². The molecule has 7 heteroatoms. The van der Waals surface area contributed by atoms with Gasteiger partial charge in [-0.3, -0.25) is 9.48 Å². The monoisotopic (exact) mass is 322 g/mol. The minimum absolute atomic E-state index is 0.223. The zero-order valence-electron chi connectivity index (χ0n) is 13.1. The van der Waals surface area contributed by atoms with Gasteiger partial charge in [-0.15, -0.1) is 0 Å². The van der Waals surface area contributed by atoms with Crippen LogP contribution in [0.2, 0.25) is 0 Å². The van der Waals surface area contributed by atoms with E-state index >= 15 is 0 Å². The first-order valence-corrected chi connectivity index (χ1v) is 7.97. The molecule has 0 saturated heterocycles. The molecule has 2 aromatic heterocycles. The molecule has 3 N–H and O–H groups in total. The first-order chi connectivity index (χ1) is 11.7. The van der Waals surface area contributed by atoms with Crippen molar-refractivity contribution < 1.29 is 4.79 Å². The summed E-state index contributed by atoms with van der Waals surface area (Å²) in [6, 6.07) is 9.58. The van der Waals surface area contributed by atoms with Gasteiger partial charge in [0.25, 0.3) is 5.91 Å². The lowest BCUT2D eigenvalue weighted by Crippen LogP contribution is -2.30. The highest BCUT2D eigenvalue weighted by molar-refractivity contribution is 5.92. The summed E-state index contributed by atoms with van der Waals surface area (Å²) in [5, 5.41) is 8.30. The molecule has 0 atom stereocenters. The minimum Gasteiger partial charge on any atom is -0.349 e. The van der Waals surface area contributed by atoms with Crippen LogP contribution in [0, 0.1) is 0 Å². The molecule has 1 fully saturated rings. The van der Waals surface area contributed by atoms with Crippen molar-refractivity contribution in [3.63, 3.8) is 0 Å². The Kier molecular flexibility index (Phi) is 3.50. The normalized spacial score (nSPS) is 15.4. The Labute approximate surface area is 138 Å². The fourth-order valence-corrected chi connectivity index (χ4v) is 2.65. The molecule has 1 aromatic carbocycles. The number of nitrogens with one attached hydrogen (secondary N) is 1. The summed E-state index contributed by atoms with van der Waals surface area (Å²) in [6.07, 6.45) is 5.14. The van der Waals surface area contributed by atoms with Gasteiger partial charge in [0.2, 0.25) is 0 Å². The summed E-state index contributed by atoms with van der Waals surface area (Å²) in [5.74, 6) is 0.326. The Morgan fingerprint density at radius 2 is 2.12 bits per heavy atom. The summed E-state index contributed by atoms with van der Waals surface area (Å²) in [7, 11) is 0. The van der Waals surface area contributed by atoms with Crippen LogP contribution >= 0.6 is 0 Å². The van der Waals surface area contributed by atoms with Crippen molar-refractivity contribution in [3.8, 4) is 0 Å². The number of hydrogen-bond acceptors (Lipinski definition) is 5. The van der Waals surface area contributed by atoms with Gasteiger partial charge in [0.15, 0.2) is 0 Å². The molecule has 122 valence electrons. The van der Waals surface area contributed by atoms with E-state index in [1.54, 1.807) is 12.3 Å². The van der Waals surface area contributed by atoms with Crippen LogP contribution in [0.25, 0.3) is 10.9 Å². The van der Waals surface area contributed by atoms with Gasteiger partial charge in [-0.05, 0) is 25.0 Å². The number of carbonyl (C=O) groups is 1. The smallest absolute Gasteiger partial charge is 0.270 e. The number of amides is 1. The number of benzene rings is 1. The van der Waals surface area contributed by atoms with Crippen LogP contribution in [-0.2, 0) is 12.1 Å². The topological polar surface area (TPSA) is 98.7 Å². The van der Waals surface area contributed by atoms with E-state index in [4.69, 9.17) is 5.73 Å². The van der Waals surface area contributed by atoms with Crippen LogP contribution < -0.4 is 11.1 Å². The van der Waals surface area contributed by atoms with Crippen molar-refractivity contribution in [2.24, 2.45) is 5.73 Å². The molecular formula is C17H18N6O. The Balaban J connectivity index is 1.40. The molecule has 0 unspecified atom stereocenters. The van der Waals surface area contributed by atoms with E-state index in [1.807, 2.05) is 35.1 Å². The molecule has 7 nitrogen and oxygen atoms in total. The Morgan fingerprint density at radius 1 is 1.29 bits per heavy atom. The fraction of sp³-hybridized carbons (Fsp3) is 0.294. The Hall–Kier alpha value is -2.80. The predicted molar refractivity (Wildman–Crippen MR) is 89.2 cm³/mol. The molecule has 4 rings (SSSR count). The highest BCUT2D eigenvalue weighted by atomic mass is 16.1. The van der Waals surface area contributed by atoms with Crippen molar-refractivity contribution in [2.75, 3.05) is 6.54 Å². The quantitative estimate of drug-likeness (QED) is 0.735. The third-order valence-corrected chi connectivity index (χ3v) is 4.28. The Morgan fingerprint density at radius 3 is 2.96 bits per heavy atom. The molecule has 0 radical (unpaired) electrons. The highest BCUT2D eigenvalue weighted by Crippen LogP contribution is 2.40. The van der Waals surface area contributed by atoms with Crippen LogP contribution in [0.5, 0.6) is 0 Å². The third-order valence-electron chi connectivity index (χ3n) is 4.28. The molecule has 0 bridgehead atoms. The van der Waals surface area contributed by atoms with Crippen molar-refractivity contribution in [3.05, 3.63) is 54.2 Å². The number of hydrogen-bond donors (Lipinski definition) is 2. The second-order valence-electron chi connectivity index (χ2n) is 6.10. The molecule has 0 aliphatic heterocycles. The zero-order chi connectivity index (χ0) is 16.6. The van der Waals surface area contributed by atoms with Crippen LogP contribution in [-0.4, -0.2) is 32.2 Å². The second kappa shape index (κ2) is 5.68. The van der Waals surface area contributed by atoms with Crippen molar-refractivity contribution in [2.45, 2.75) is 24.9 Å². The van der Waals surface area contributed by atoms with Gasteiger partial charge in [-0.2, -0.15) is 5.10 Å². The lowest BCUT2D eigenvalue weighted by molar-refractivity contribution is 0.0946. The lowest BCUT2D eigenvalue weighted by atomic mass is 10.2. The van der Waals surface area contributed by atoms with Crippen molar-refractivity contribution in [1.82, 2.24) is 25.1 Å². The zero-order valence-corrected chi connectivity index (χ0v) is 13.1. The molecule has 1 aliphatic carbocycles. The summed E-state index contributed by atoms with van der Waals surface area (Å²) < 4.78 is 1.88. The van der Waals surface area contributed by atoms with Gasteiger partial charge >= 0.3 is 0 Å². The number of para-hydroxylation sites is 1. The van der Waals surface area contributed by atoms with Crippen molar-refractivity contribution >= 4 is 16.8 Å². The van der Waals surface area contributed by atoms with Gasteiger partial charge < -0.3 is 11.1 Å². The van der Waals surface area contributed by atoms with E-state index in [0.717, 1.165) is 23.7 Å². The lowest BCUT2D eigenvalue weighted by Gasteiger charge is -2.09. The molecule has 3 aromatic rings. The number of nitrogens with zero attached hydrogens (tertiary/aromatic N) is 4. The number of fused-ring (bicyclic) bond motifs is 1. The molecule has 1 aliphatic rings. The minimum atomic E-state index is -0.440. The Bertz CT molecular complexity index is 899. The van der Waals surface area contributed by atoms with E-state index in [0.29, 0.717) is 24.6 Å². The maximum atomic E-state index is 12.3. The summed E-state index contributed by atoms with van der Waals surface area (Å²) in [5.41, 5.74) is 7.05. The predicted octanol–water partition coefficient (Wildman–Crippen LogP) is 1.20. The maximum absolute atomic E-state index is 12.3. The van der Waals surface area contributed by atoms with Gasteiger partial charge in [0.1, 0.15) is 11.5 Å². The van der Waals surface area contributed by atoms with E-state index in [2.05, 4.69) is 20.4 Å². The van der Waals surface area contributed by atoms with Crippen LogP contribution in [0.1, 0.15) is 29.2 Å². The number of rotatable bonds is 5. The summed E-state index contributed by atoms with van der Waals surface area (Å²) in [4.78, 5) is 20.7. The van der Waals surface area contributed by atoms with Crippen LogP contribution in [0.15, 0.2) is 42.7 Å². The average Bonchev–Trinajstić information content (AvgIpc) is 3.24. The van der Waals surface area contributed by atoms with Gasteiger partial charge in [0, 0.05) is 18.1 Å². The van der Waals surface area contributed by atoms with E-state index in [-0.39, 0.29) is 5.91 Å². The summed E-state index contributed by atoms with van der Waals surface area (Å²) >= 11 is 0. The summed E-state index contributed by atoms with van der Waals surface area (Å²) in [6.45, 7) is 1.07. The number of carbonyl (C=O) groups excluding carboxylic acids is 1. The highest BCUT2D eigenvalue weighted by Gasteiger charge is 2.43. The number of nitrogens with two attached hydrogens (primary N) is 1. The van der Waals surface area contributed by atoms with Gasteiger partial charge in [-0.1, -0.05) is 18.2 Å². The van der Waals surface area contributed by atoms with Gasteiger partial charge in [-0.25, -0.2) is 9.97 Å². The van der Waals surface area contributed by atoms with Crippen LogP contribution in [0.3, 0.4) is 0 Å². The van der Waals surface area contributed by atoms with E-state index < -0.39 is 5.54 Å². The van der Waals surface area contributed by atoms with E-state index in [9.17, 15) is 4.79 Å². The SMILES string of the molecule is NC1(c2nccc(C(=O)NCCn3ncc4ccccc43)n2)CC1. The average molecular weight is 322 g/mol. The third kappa shape index (κ3) is 2.74. The van der Waals surface area contributed by atoms with Crippen molar-refractivity contribution in [1.29, 1.82) is 0 Å². The molecular weight excluding hydrogens is 304 g/mol. The van der Waals surface area contributed by atoms with Gasteiger partial charge in [0.05, 0.1) is 23.8 Å².